The Kier molecular flexibility index (Phi) is 5.16. The molecule has 1 N–H and O–H groups in total. The van der Waals surface area contributed by atoms with Crippen molar-refractivity contribution >= 4 is 11.6 Å². The summed E-state index contributed by atoms with van der Waals surface area (Å²) in [7, 11) is 1.94. The van der Waals surface area contributed by atoms with E-state index in [1.165, 1.54) is 12.5 Å². The number of aryl methyl sites for hydroxylation is 1. The lowest BCUT2D eigenvalue weighted by molar-refractivity contribution is 0.0856. The van der Waals surface area contributed by atoms with E-state index in [2.05, 4.69) is 4.98 Å². The van der Waals surface area contributed by atoms with Gasteiger partial charge in [0.1, 0.15) is 0 Å². The van der Waals surface area contributed by atoms with E-state index in [1.54, 1.807) is 0 Å². The van der Waals surface area contributed by atoms with Crippen LogP contribution in [-0.4, -0.2) is 34.5 Å². The van der Waals surface area contributed by atoms with Crippen molar-refractivity contribution in [2.24, 2.45) is 0 Å². The number of ketones is 2. The Balaban J connectivity index is 2.20. The molecule has 0 aliphatic heterocycles. The van der Waals surface area contributed by atoms with E-state index in [1.807, 2.05) is 63.1 Å². The van der Waals surface area contributed by atoms with E-state index < -0.39 is 0 Å². The number of nitrogens with one attached hydrogen (secondary N) is 1. The highest BCUT2D eigenvalue weighted by atomic mass is 16.1. The second-order valence-corrected chi connectivity index (χ2v) is 6.12. The number of aromatic nitrogens is 1. The molecule has 23 heavy (non-hydrogen) atoms. The fourth-order valence-electron chi connectivity index (χ4n) is 2.94. The molecule has 2 rings (SSSR count). The summed E-state index contributed by atoms with van der Waals surface area (Å²) in [5.74, 6) is -0.00266. The zero-order valence-electron chi connectivity index (χ0n) is 14.4. The number of hydrogen-bond acceptors (Lipinski definition) is 3. The predicted molar refractivity (Wildman–Crippen MR) is 92.0 cm³/mol. The summed E-state index contributed by atoms with van der Waals surface area (Å²) in [6, 6.07) is 9.79. The average Bonchev–Trinajstić information content (AvgIpc) is 2.81. The number of likely N-dealkylation sites (N-methyl/N-ethyl adjacent to an activating group) is 1. The molecule has 0 saturated carbocycles. The van der Waals surface area contributed by atoms with Crippen molar-refractivity contribution in [2.75, 3.05) is 7.05 Å². The first-order valence-corrected chi connectivity index (χ1v) is 7.81. The Hall–Kier alpha value is -2.20. The largest absolute Gasteiger partial charge is 0.355 e. The number of carbonyl (C=O) groups is 2. The van der Waals surface area contributed by atoms with Crippen molar-refractivity contribution in [1.29, 1.82) is 0 Å². The molecule has 0 fully saturated rings. The fourth-order valence-corrected chi connectivity index (χ4v) is 2.94. The van der Waals surface area contributed by atoms with Crippen LogP contribution in [0.2, 0.25) is 0 Å². The quantitative estimate of drug-likeness (QED) is 0.830. The third-order valence-electron chi connectivity index (χ3n) is 4.35. The molecule has 1 atom stereocenters. The third kappa shape index (κ3) is 3.59. The zero-order chi connectivity index (χ0) is 17.1. The number of H-pyrrole nitrogens is 1. The topological polar surface area (TPSA) is 53.2 Å². The molecule has 1 aromatic heterocycles. The number of aromatic amines is 1. The highest BCUT2D eigenvalue weighted by Gasteiger charge is 2.25. The lowest BCUT2D eigenvalue weighted by atomic mass is 10.0. The van der Waals surface area contributed by atoms with Gasteiger partial charge in [0, 0.05) is 17.8 Å². The first kappa shape index (κ1) is 17.2. The number of carbonyl (C=O) groups excluding carboxylic acids is 2. The highest BCUT2D eigenvalue weighted by Crippen LogP contribution is 2.21. The normalized spacial score (nSPS) is 12.4. The molecule has 0 unspecified atom stereocenters. The highest BCUT2D eigenvalue weighted by molar-refractivity contribution is 6.05. The molecular formula is C19H24N2O2. The van der Waals surface area contributed by atoms with Gasteiger partial charge >= 0.3 is 0 Å². The third-order valence-corrected chi connectivity index (χ3v) is 4.35. The summed E-state index contributed by atoms with van der Waals surface area (Å²) in [6.07, 6.45) is 0. The maximum atomic E-state index is 12.8. The smallest absolute Gasteiger partial charge is 0.196 e. The molecule has 0 aliphatic rings. The van der Waals surface area contributed by atoms with Gasteiger partial charge in [0.15, 0.2) is 11.6 Å². The van der Waals surface area contributed by atoms with Crippen LogP contribution in [0.5, 0.6) is 0 Å². The van der Waals surface area contributed by atoms with Gasteiger partial charge in [0.25, 0.3) is 0 Å². The number of hydrogen-bond donors (Lipinski definition) is 1. The van der Waals surface area contributed by atoms with Crippen molar-refractivity contribution in [3.05, 3.63) is 58.4 Å². The standard InChI is InChI=1S/C19H24N2O2/c1-12-17(15(4)22)13(2)20-18(12)19(23)14(3)21(5)11-16-9-7-6-8-10-16/h6-10,14,20H,11H2,1-5H3/t14-/m0/s1. The second-order valence-electron chi connectivity index (χ2n) is 6.12. The maximum Gasteiger partial charge on any atom is 0.196 e. The Morgan fingerprint density at radius 2 is 1.78 bits per heavy atom. The van der Waals surface area contributed by atoms with E-state index in [-0.39, 0.29) is 17.6 Å². The minimum Gasteiger partial charge on any atom is -0.355 e. The van der Waals surface area contributed by atoms with Crippen LogP contribution < -0.4 is 0 Å². The molecule has 1 heterocycles. The van der Waals surface area contributed by atoms with E-state index in [0.717, 1.165) is 11.3 Å². The summed E-state index contributed by atoms with van der Waals surface area (Å²) >= 11 is 0. The van der Waals surface area contributed by atoms with Crippen LogP contribution in [0, 0.1) is 13.8 Å². The molecule has 0 bridgehead atoms. The van der Waals surface area contributed by atoms with E-state index >= 15 is 0 Å². The molecule has 1 aromatic carbocycles. The summed E-state index contributed by atoms with van der Waals surface area (Å²) in [4.78, 5) is 29.6. The monoisotopic (exact) mass is 312 g/mol. The van der Waals surface area contributed by atoms with Crippen molar-refractivity contribution in [3.8, 4) is 0 Å². The molecule has 0 amide bonds. The molecule has 2 aromatic rings. The minimum atomic E-state index is -0.272. The Morgan fingerprint density at radius 1 is 1.17 bits per heavy atom. The number of benzene rings is 1. The van der Waals surface area contributed by atoms with E-state index in [0.29, 0.717) is 17.8 Å². The summed E-state index contributed by atoms with van der Waals surface area (Å²) in [6.45, 7) is 7.79. The van der Waals surface area contributed by atoms with Crippen LogP contribution in [0.4, 0.5) is 0 Å². The lowest BCUT2D eigenvalue weighted by Gasteiger charge is -2.23. The average molecular weight is 312 g/mol. The van der Waals surface area contributed by atoms with Crippen molar-refractivity contribution in [1.82, 2.24) is 9.88 Å². The molecule has 122 valence electrons. The van der Waals surface area contributed by atoms with Gasteiger partial charge in [-0.2, -0.15) is 0 Å². The van der Waals surface area contributed by atoms with Gasteiger partial charge in [0.05, 0.1) is 11.7 Å². The van der Waals surface area contributed by atoms with Crippen molar-refractivity contribution < 1.29 is 9.59 Å². The number of nitrogens with zero attached hydrogens (tertiary/aromatic N) is 1. The maximum absolute atomic E-state index is 12.8. The number of Topliss-reactive ketones (excluding diaryl/α,β-unsaturated/α-hetero) is 2. The molecular weight excluding hydrogens is 288 g/mol. The molecule has 4 nitrogen and oxygen atoms in total. The fraction of sp³-hybridized carbons (Fsp3) is 0.368. The summed E-state index contributed by atoms with van der Waals surface area (Å²) in [5.41, 5.74) is 3.85. The van der Waals surface area contributed by atoms with Crippen LogP contribution in [0.15, 0.2) is 30.3 Å². The van der Waals surface area contributed by atoms with Crippen LogP contribution in [0.3, 0.4) is 0 Å². The summed E-state index contributed by atoms with van der Waals surface area (Å²) < 4.78 is 0. The van der Waals surface area contributed by atoms with Crippen LogP contribution in [-0.2, 0) is 6.54 Å². The Labute approximate surface area is 137 Å². The van der Waals surface area contributed by atoms with Gasteiger partial charge < -0.3 is 4.98 Å². The Morgan fingerprint density at radius 3 is 2.30 bits per heavy atom. The molecule has 0 saturated heterocycles. The van der Waals surface area contributed by atoms with Gasteiger partial charge in [-0.05, 0) is 45.9 Å². The van der Waals surface area contributed by atoms with Crippen LogP contribution >= 0.6 is 0 Å². The van der Waals surface area contributed by atoms with Crippen molar-refractivity contribution in [2.45, 2.75) is 40.3 Å². The summed E-state index contributed by atoms with van der Waals surface area (Å²) in [5, 5.41) is 0. The van der Waals surface area contributed by atoms with Gasteiger partial charge in [-0.15, -0.1) is 0 Å². The molecule has 0 radical (unpaired) electrons. The van der Waals surface area contributed by atoms with Crippen molar-refractivity contribution in [3.63, 3.8) is 0 Å². The number of rotatable bonds is 6. The van der Waals surface area contributed by atoms with E-state index in [9.17, 15) is 9.59 Å². The minimum absolute atomic E-state index is 0.0107. The predicted octanol–water partition coefficient (Wildman–Crippen LogP) is 3.54. The molecule has 4 heteroatoms. The molecule has 0 aliphatic carbocycles. The van der Waals surface area contributed by atoms with Gasteiger partial charge in [0.2, 0.25) is 0 Å². The van der Waals surface area contributed by atoms with Crippen LogP contribution in [0.1, 0.15) is 51.5 Å². The van der Waals surface area contributed by atoms with Gasteiger partial charge in [-0.25, -0.2) is 0 Å². The van der Waals surface area contributed by atoms with Crippen LogP contribution in [0.25, 0.3) is 0 Å². The Bertz CT molecular complexity index is 716. The first-order valence-electron chi connectivity index (χ1n) is 7.81. The SMILES string of the molecule is CC(=O)c1c(C)[nH]c(C(=O)[C@H](C)N(C)Cc2ccccc2)c1C. The first-order chi connectivity index (χ1) is 10.8. The molecule has 0 spiro atoms. The second kappa shape index (κ2) is 6.92. The van der Waals surface area contributed by atoms with Gasteiger partial charge in [-0.3, -0.25) is 14.5 Å². The van der Waals surface area contributed by atoms with Gasteiger partial charge in [-0.1, -0.05) is 30.3 Å². The lowest BCUT2D eigenvalue weighted by Crippen LogP contribution is -2.36. The zero-order valence-corrected chi connectivity index (χ0v) is 14.4. The van der Waals surface area contributed by atoms with E-state index in [4.69, 9.17) is 0 Å².